The van der Waals surface area contributed by atoms with Crippen LogP contribution in [-0.2, 0) is 16.1 Å². The van der Waals surface area contributed by atoms with Crippen LogP contribution >= 0.6 is 23.2 Å². The first-order valence-corrected chi connectivity index (χ1v) is 8.90. The molecule has 7 heteroatoms. The van der Waals surface area contributed by atoms with Crippen molar-refractivity contribution >= 4 is 40.7 Å². The van der Waals surface area contributed by atoms with Gasteiger partial charge in [-0.15, -0.1) is 0 Å². The molecule has 2 aromatic carbocycles. The number of methoxy groups -OCH3 is 1. The predicted molar refractivity (Wildman–Crippen MR) is 102 cm³/mol. The molecule has 1 aliphatic carbocycles. The Kier molecular flexibility index (Phi) is 5.69. The largest absolute Gasteiger partial charge is 0.495 e. The van der Waals surface area contributed by atoms with Crippen LogP contribution in [0.1, 0.15) is 12.0 Å². The van der Waals surface area contributed by atoms with E-state index in [1.807, 2.05) is 12.1 Å². The van der Waals surface area contributed by atoms with Crippen molar-refractivity contribution < 1.29 is 14.3 Å². The van der Waals surface area contributed by atoms with Crippen molar-refractivity contribution in [3.05, 3.63) is 58.1 Å². The zero-order chi connectivity index (χ0) is 18.7. The number of halogens is 2. The highest BCUT2D eigenvalue weighted by Crippen LogP contribution is 2.40. The van der Waals surface area contributed by atoms with E-state index in [4.69, 9.17) is 27.9 Å². The van der Waals surface area contributed by atoms with Gasteiger partial charge >= 0.3 is 0 Å². The maximum Gasteiger partial charge on any atom is 0.228 e. The summed E-state index contributed by atoms with van der Waals surface area (Å²) in [6, 6.07) is 12.3. The molecule has 0 aliphatic heterocycles. The van der Waals surface area contributed by atoms with Crippen LogP contribution in [0.3, 0.4) is 0 Å². The minimum absolute atomic E-state index is 0.118. The lowest BCUT2D eigenvalue weighted by molar-refractivity contribution is -0.125. The van der Waals surface area contributed by atoms with Gasteiger partial charge in [0.25, 0.3) is 0 Å². The van der Waals surface area contributed by atoms with Gasteiger partial charge in [-0.05, 0) is 42.3 Å². The summed E-state index contributed by atoms with van der Waals surface area (Å²) >= 11 is 11.9. The van der Waals surface area contributed by atoms with E-state index in [1.54, 1.807) is 30.3 Å². The van der Waals surface area contributed by atoms with E-state index in [9.17, 15) is 9.59 Å². The molecule has 136 valence electrons. The zero-order valence-electron chi connectivity index (χ0n) is 14.1. The molecule has 5 nitrogen and oxygen atoms in total. The van der Waals surface area contributed by atoms with Crippen LogP contribution in [0.25, 0.3) is 0 Å². The topological polar surface area (TPSA) is 67.4 Å². The van der Waals surface area contributed by atoms with E-state index in [-0.39, 0.29) is 23.7 Å². The molecule has 0 heterocycles. The second kappa shape index (κ2) is 7.98. The van der Waals surface area contributed by atoms with Crippen LogP contribution in [0.4, 0.5) is 5.69 Å². The molecule has 1 saturated carbocycles. The van der Waals surface area contributed by atoms with Crippen molar-refractivity contribution in [2.24, 2.45) is 11.8 Å². The first-order valence-electron chi connectivity index (χ1n) is 8.14. The normalized spacial score (nSPS) is 18.1. The van der Waals surface area contributed by atoms with Crippen molar-refractivity contribution in [2.75, 3.05) is 12.4 Å². The maximum atomic E-state index is 12.3. The third kappa shape index (κ3) is 4.48. The summed E-state index contributed by atoms with van der Waals surface area (Å²) in [7, 11) is 1.52. The summed E-state index contributed by atoms with van der Waals surface area (Å²) in [6.45, 7) is 0.412. The maximum absolute atomic E-state index is 12.3. The van der Waals surface area contributed by atoms with Crippen molar-refractivity contribution in [1.82, 2.24) is 5.32 Å². The second-order valence-corrected chi connectivity index (χ2v) is 6.98. The van der Waals surface area contributed by atoms with Gasteiger partial charge in [-0.2, -0.15) is 0 Å². The summed E-state index contributed by atoms with van der Waals surface area (Å²) in [4.78, 5) is 24.5. The molecule has 2 aromatic rings. The summed E-state index contributed by atoms with van der Waals surface area (Å²) in [5, 5.41) is 6.71. The first kappa shape index (κ1) is 18.5. The minimum atomic E-state index is -0.318. The summed E-state index contributed by atoms with van der Waals surface area (Å²) in [5.74, 6) is -0.376. The van der Waals surface area contributed by atoms with Crippen molar-refractivity contribution in [1.29, 1.82) is 0 Å². The first-order chi connectivity index (χ1) is 12.5. The smallest absolute Gasteiger partial charge is 0.228 e. The zero-order valence-corrected chi connectivity index (χ0v) is 15.6. The Morgan fingerprint density at radius 1 is 1.08 bits per heavy atom. The number of ether oxygens (including phenoxy) is 1. The number of benzene rings is 2. The number of carbonyl (C=O) groups excluding carboxylic acids is 2. The Morgan fingerprint density at radius 3 is 2.42 bits per heavy atom. The molecule has 0 saturated heterocycles. The van der Waals surface area contributed by atoms with Crippen molar-refractivity contribution in [3.8, 4) is 5.75 Å². The molecular formula is C19H18Cl2N2O3. The van der Waals surface area contributed by atoms with Gasteiger partial charge in [0, 0.05) is 17.3 Å². The highest BCUT2D eigenvalue weighted by Gasteiger charge is 2.47. The molecule has 2 unspecified atom stereocenters. The van der Waals surface area contributed by atoms with Crippen LogP contribution < -0.4 is 15.4 Å². The summed E-state index contributed by atoms with van der Waals surface area (Å²) in [6.07, 6.45) is 0.544. The van der Waals surface area contributed by atoms with Gasteiger partial charge in [0.2, 0.25) is 11.8 Å². The van der Waals surface area contributed by atoms with Gasteiger partial charge < -0.3 is 15.4 Å². The van der Waals surface area contributed by atoms with Gasteiger partial charge in [-0.1, -0.05) is 35.3 Å². The van der Waals surface area contributed by atoms with Gasteiger partial charge in [0.05, 0.1) is 24.0 Å². The number of anilines is 1. The number of amides is 2. The quantitative estimate of drug-likeness (QED) is 0.783. The number of carbonyl (C=O) groups is 2. The number of hydrogen-bond acceptors (Lipinski definition) is 3. The molecule has 1 fully saturated rings. The molecule has 1 aliphatic rings. The van der Waals surface area contributed by atoms with Crippen molar-refractivity contribution in [2.45, 2.75) is 13.0 Å². The number of nitrogens with one attached hydrogen (secondary N) is 2. The fourth-order valence-corrected chi connectivity index (χ4v) is 3.06. The van der Waals surface area contributed by atoms with Gasteiger partial charge in [0.15, 0.2) is 0 Å². The SMILES string of the molecule is COc1ccc(NC(=O)C2CC2C(=O)NCc2ccc(Cl)cc2)cc1Cl. The van der Waals surface area contributed by atoms with E-state index >= 15 is 0 Å². The molecule has 2 atom stereocenters. The molecule has 0 spiro atoms. The molecule has 26 heavy (non-hydrogen) atoms. The standard InChI is InChI=1S/C19H18Cl2N2O3/c1-26-17-7-6-13(8-16(17)21)23-19(25)15-9-14(15)18(24)22-10-11-2-4-12(20)5-3-11/h2-8,14-15H,9-10H2,1H3,(H,22,24)(H,23,25). The highest BCUT2D eigenvalue weighted by atomic mass is 35.5. The lowest BCUT2D eigenvalue weighted by Crippen LogP contribution is -2.27. The molecule has 2 N–H and O–H groups in total. The lowest BCUT2D eigenvalue weighted by Gasteiger charge is -2.08. The highest BCUT2D eigenvalue weighted by molar-refractivity contribution is 6.32. The van der Waals surface area contributed by atoms with E-state index in [0.29, 0.717) is 34.4 Å². The summed E-state index contributed by atoms with van der Waals surface area (Å²) in [5.41, 5.74) is 1.53. The average Bonchev–Trinajstić information content (AvgIpc) is 3.42. The van der Waals surface area contributed by atoms with Crippen LogP contribution in [0.2, 0.25) is 10.0 Å². The second-order valence-electron chi connectivity index (χ2n) is 6.13. The Balaban J connectivity index is 1.49. The molecule has 0 radical (unpaired) electrons. The van der Waals surface area contributed by atoms with E-state index < -0.39 is 0 Å². The predicted octanol–water partition coefficient (Wildman–Crippen LogP) is 3.89. The third-order valence-corrected chi connectivity index (χ3v) is 4.81. The van der Waals surface area contributed by atoms with Crippen LogP contribution in [0.5, 0.6) is 5.75 Å². The lowest BCUT2D eigenvalue weighted by atomic mass is 10.2. The Labute approximate surface area is 161 Å². The fraction of sp³-hybridized carbons (Fsp3) is 0.263. The Hall–Kier alpha value is -2.24. The van der Waals surface area contributed by atoms with Crippen molar-refractivity contribution in [3.63, 3.8) is 0 Å². The van der Waals surface area contributed by atoms with Crippen LogP contribution in [0, 0.1) is 11.8 Å². The van der Waals surface area contributed by atoms with E-state index in [1.165, 1.54) is 7.11 Å². The van der Waals surface area contributed by atoms with Crippen LogP contribution in [-0.4, -0.2) is 18.9 Å². The average molecular weight is 393 g/mol. The molecule has 3 rings (SSSR count). The Morgan fingerprint density at radius 2 is 1.77 bits per heavy atom. The van der Waals surface area contributed by atoms with Gasteiger partial charge in [0.1, 0.15) is 5.75 Å². The molecule has 2 amide bonds. The minimum Gasteiger partial charge on any atom is -0.495 e. The fourth-order valence-electron chi connectivity index (χ4n) is 2.68. The van der Waals surface area contributed by atoms with Gasteiger partial charge in [-0.25, -0.2) is 0 Å². The Bertz CT molecular complexity index is 824. The third-order valence-electron chi connectivity index (χ3n) is 4.26. The number of hydrogen-bond donors (Lipinski definition) is 2. The summed E-state index contributed by atoms with van der Waals surface area (Å²) < 4.78 is 5.08. The van der Waals surface area contributed by atoms with Gasteiger partial charge in [-0.3, -0.25) is 9.59 Å². The molecule has 0 aromatic heterocycles. The molecular weight excluding hydrogens is 375 g/mol. The van der Waals surface area contributed by atoms with E-state index in [2.05, 4.69) is 10.6 Å². The van der Waals surface area contributed by atoms with Crippen LogP contribution in [0.15, 0.2) is 42.5 Å². The number of rotatable bonds is 6. The molecule has 0 bridgehead atoms. The monoisotopic (exact) mass is 392 g/mol. The van der Waals surface area contributed by atoms with E-state index in [0.717, 1.165) is 5.56 Å².